The zero-order valence-electron chi connectivity index (χ0n) is 20.3. The van der Waals surface area contributed by atoms with Crippen LogP contribution in [0.4, 0.5) is 5.69 Å². The maximum Gasteiger partial charge on any atom is 0.261 e. The molecule has 2 aromatic rings. The van der Waals surface area contributed by atoms with Gasteiger partial charge in [-0.25, -0.2) is 8.42 Å². The summed E-state index contributed by atoms with van der Waals surface area (Å²) < 4.78 is 50.0. The minimum Gasteiger partial charge on any atom is -0.494 e. The van der Waals surface area contributed by atoms with E-state index in [9.17, 15) is 13.2 Å². The van der Waals surface area contributed by atoms with E-state index in [-0.39, 0.29) is 21.9 Å². The highest BCUT2D eigenvalue weighted by molar-refractivity contribution is 7.92. The number of sulfonamides is 1. The highest BCUT2D eigenvalue weighted by Crippen LogP contribution is 2.34. The first-order valence-corrected chi connectivity index (χ1v) is 12.6. The number of carbonyl (C=O) groups is 1. The molecule has 0 radical (unpaired) electrons. The van der Waals surface area contributed by atoms with Gasteiger partial charge in [0.25, 0.3) is 15.9 Å². The van der Waals surface area contributed by atoms with Crippen molar-refractivity contribution in [3.63, 3.8) is 0 Å². The number of nitrogens with one attached hydrogen (secondary N) is 2. The monoisotopic (exact) mass is 494 g/mol. The summed E-state index contributed by atoms with van der Waals surface area (Å²) in [6.45, 7) is 7.98. The number of carbonyl (C=O) groups excluding carboxylic acids is 1. The van der Waals surface area contributed by atoms with Crippen LogP contribution in [0.15, 0.2) is 41.3 Å². The molecule has 0 aliphatic rings. The molecule has 2 rings (SSSR count). The van der Waals surface area contributed by atoms with Crippen LogP contribution >= 0.6 is 0 Å². The first-order valence-electron chi connectivity index (χ1n) is 11.1. The highest BCUT2D eigenvalue weighted by atomic mass is 32.2. The van der Waals surface area contributed by atoms with Gasteiger partial charge in [-0.3, -0.25) is 9.52 Å². The van der Waals surface area contributed by atoms with E-state index in [1.165, 1.54) is 38.5 Å². The molecule has 188 valence electrons. The van der Waals surface area contributed by atoms with Crippen molar-refractivity contribution in [2.24, 2.45) is 5.92 Å². The number of anilines is 1. The van der Waals surface area contributed by atoms with Crippen molar-refractivity contribution in [2.45, 2.75) is 32.1 Å². The zero-order valence-corrected chi connectivity index (χ0v) is 21.2. The largest absolute Gasteiger partial charge is 0.494 e. The van der Waals surface area contributed by atoms with E-state index < -0.39 is 15.9 Å². The Morgan fingerprint density at radius 2 is 1.68 bits per heavy atom. The fourth-order valence-corrected chi connectivity index (χ4v) is 4.10. The standard InChI is InChI=1S/C24H34N2O7S/c1-6-33-18-8-10-19(11-9-18)34(28,29)26-21-15-23(31-5)22(30-4)14-20(21)24(27)25-12-7-13-32-16-17(2)3/h8-11,14-15,17,26H,6-7,12-13,16H2,1-5H3,(H,25,27). The molecule has 0 heterocycles. The van der Waals surface area contributed by atoms with Gasteiger partial charge in [0.15, 0.2) is 11.5 Å². The van der Waals surface area contributed by atoms with E-state index >= 15 is 0 Å². The second kappa shape index (κ2) is 13.0. The Balaban J connectivity index is 2.23. The molecule has 0 saturated heterocycles. The molecule has 0 aromatic heterocycles. The number of hydrogen-bond donors (Lipinski definition) is 2. The van der Waals surface area contributed by atoms with Crippen molar-refractivity contribution < 1.29 is 32.2 Å². The molecular formula is C24H34N2O7S. The summed E-state index contributed by atoms with van der Waals surface area (Å²) in [4.78, 5) is 12.9. The molecule has 0 fully saturated rings. The van der Waals surface area contributed by atoms with Gasteiger partial charge in [-0.2, -0.15) is 0 Å². The Bertz CT molecular complexity index is 1040. The van der Waals surface area contributed by atoms with Gasteiger partial charge < -0.3 is 24.3 Å². The summed E-state index contributed by atoms with van der Waals surface area (Å²) in [5.41, 5.74) is 0.176. The zero-order chi connectivity index (χ0) is 25.1. The Morgan fingerprint density at radius 3 is 2.26 bits per heavy atom. The fraction of sp³-hybridized carbons (Fsp3) is 0.458. The SMILES string of the molecule is CCOc1ccc(S(=O)(=O)Nc2cc(OC)c(OC)cc2C(=O)NCCCOCC(C)C)cc1. The minimum absolute atomic E-state index is 0.0272. The van der Waals surface area contributed by atoms with Crippen LogP contribution in [-0.2, 0) is 14.8 Å². The smallest absolute Gasteiger partial charge is 0.261 e. The van der Waals surface area contributed by atoms with Gasteiger partial charge in [0.1, 0.15) is 5.75 Å². The highest BCUT2D eigenvalue weighted by Gasteiger charge is 2.22. The lowest BCUT2D eigenvalue weighted by Crippen LogP contribution is -2.27. The predicted octanol–water partition coefficient (Wildman–Crippen LogP) is 3.70. The summed E-state index contributed by atoms with van der Waals surface area (Å²) in [7, 11) is -1.12. The van der Waals surface area contributed by atoms with Crippen molar-refractivity contribution in [1.29, 1.82) is 0 Å². The molecule has 9 nitrogen and oxygen atoms in total. The van der Waals surface area contributed by atoms with E-state index in [4.69, 9.17) is 18.9 Å². The third-order valence-electron chi connectivity index (χ3n) is 4.66. The molecule has 0 aliphatic carbocycles. The van der Waals surface area contributed by atoms with Gasteiger partial charge in [0, 0.05) is 25.8 Å². The molecule has 1 amide bonds. The Kier molecular flexibility index (Phi) is 10.5. The van der Waals surface area contributed by atoms with E-state index in [2.05, 4.69) is 23.9 Å². The van der Waals surface area contributed by atoms with Crippen molar-refractivity contribution in [3.8, 4) is 17.2 Å². The van der Waals surface area contributed by atoms with Crippen LogP contribution in [-0.4, -0.2) is 54.9 Å². The lowest BCUT2D eigenvalue weighted by Gasteiger charge is -2.17. The molecule has 0 saturated carbocycles. The van der Waals surface area contributed by atoms with E-state index in [1.807, 2.05) is 6.92 Å². The first kappa shape index (κ1) is 27.3. The summed E-state index contributed by atoms with van der Waals surface area (Å²) in [6, 6.07) is 8.88. The second-order valence-electron chi connectivity index (χ2n) is 7.84. The summed E-state index contributed by atoms with van der Waals surface area (Å²) in [5, 5.41) is 2.80. The maximum atomic E-state index is 13.0. The number of benzene rings is 2. The number of ether oxygens (including phenoxy) is 4. The molecule has 2 aromatic carbocycles. The Morgan fingerprint density at radius 1 is 1.03 bits per heavy atom. The molecule has 10 heteroatoms. The van der Waals surface area contributed by atoms with Crippen molar-refractivity contribution >= 4 is 21.6 Å². The molecule has 0 atom stereocenters. The van der Waals surface area contributed by atoms with Crippen molar-refractivity contribution in [2.75, 3.05) is 45.3 Å². The third kappa shape index (κ3) is 7.81. The number of amides is 1. The lowest BCUT2D eigenvalue weighted by atomic mass is 10.1. The van der Waals surface area contributed by atoms with Gasteiger partial charge in [0.2, 0.25) is 0 Å². The van der Waals surface area contributed by atoms with Crippen LogP contribution in [0.25, 0.3) is 0 Å². The van der Waals surface area contributed by atoms with E-state index in [0.717, 1.165) is 0 Å². The van der Waals surface area contributed by atoms with Gasteiger partial charge >= 0.3 is 0 Å². The van der Waals surface area contributed by atoms with Crippen LogP contribution in [0.5, 0.6) is 17.2 Å². The maximum absolute atomic E-state index is 13.0. The first-order chi connectivity index (χ1) is 16.2. The predicted molar refractivity (Wildman–Crippen MR) is 131 cm³/mol. The average Bonchev–Trinajstić information content (AvgIpc) is 2.81. The third-order valence-corrected chi connectivity index (χ3v) is 6.04. The van der Waals surface area contributed by atoms with E-state index in [0.29, 0.717) is 50.2 Å². The molecular weight excluding hydrogens is 460 g/mol. The summed E-state index contributed by atoms with van der Waals surface area (Å²) in [5.74, 6) is 1.13. The van der Waals surface area contributed by atoms with Gasteiger partial charge in [-0.1, -0.05) is 13.8 Å². The second-order valence-corrected chi connectivity index (χ2v) is 9.52. The summed E-state index contributed by atoms with van der Waals surface area (Å²) in [6.07, 6.45) is 0.624. The molecule has 2 N–H and O–H groups in total. The molecule has 0 bridgehead atoms. The number of methoxy groups -OCH3 is 2. The normalized spacial score (nSPS) is 11.2. The van der Waals surface area contributed by atoms with Gasteiger partial charge in [-0.15, -0.1) is 0 Å². The lowest BCUT2D eigenvalue weighted by molar-refractivity contribution is 0.0925. The molecule has 34 heavy (non-hydrogen) atoms. The minimum atomic E-state index is -3.99. The van der Waals surface area contributed by atoms with Crippen molar-refractivity contribution in [1.82, 2.24) is 5.32 Å². The van der Waals surface area contributed by atoms with Gasteiger partial charge in [-0.05, 0) is 49.6 Å². The molecule has 0 aliphatic heterocycles. The van der Waals surface area contributed by atoms with Crippen molar-refractivity contribution in [3.05, 3.63) is 42.0 Å². The quantitative estimate of drug-likeness (QED) is 0.385. The van der Waals surface area contributed by atoms with Crippen LogP contribution in [0.2, 0.25) is 0 Å². The van der Waals surface area contributed by atoms with Crippen LogP contribution in [0.3, 0.4) is 0 Å². The molecule has 0 unspecified atom stereocenters. The Hall–Kier alpha value is -2.98. The molecule has 0 spiro atoms. The van der Waals surface area contributed by atoms with E-state index in [1.54, 1.807) is 12.1 Å². The average molecular weight is 495 g/mol. The van der Waals surface area contributed by atoms with Crippen LogP contribution in [0.1, 0.15) is 37.6 Å². The Labute approximate surface area is 201 Å². The topological polar surface area (TPSA) is 112 Å². The number of hydrogen-bond acceptors (Lipinski definition) is 7. The van der Waals surface area contributed by atoms with Gasteiger partial charge in [0.05, 0.1) is 37.0 Å². The van der Waals surface area contributed by atoms with Crippen LogP contribution < -0.4 is 24.2 Å². The fourth-order valence-electron chi connectivity index (χ4n) is 3.03. The number of rotatable bonds is 14. The van der Waals surface area contributed by atoms with Crippen LogP contribution in [0, 0.1) is 5.92 Å². The summed E-state index contributed by atoms with van der Waals surface area (Å²) >= 11 is 0.